The Morgan fingerprint density at radius 3 is 2.39 bits per heavy atom. The molecule has 0 saturated carbocycles. The van der Waals surface area contributed by atoms with Gasteiger partial charge in [-0.05, 0) is 38.0 Å². The fraction of sp³-hybridized carbons (Fsp3) is 0.583. The fourth-order valence-electron chi connectivity index (χ4n) is 1.71. The van der Waals surface area contributed by atoms with Gasteiger partial charge in [-0.25, -0.2) is 4.98 Å². The van der Waals surface area contributed by atoms with Gasteiger partial charge >= 0.3 is 6.18 Å². The second-order valence-corrected chi connectivity index (χ2v) is 4.48. The number of hydrogen-bond acceptors (Lipinski definition) is 3. The summed E-state index contributed by atoms with van der Waals surface area (Å²) in [7, 11) is 0. The molecule has 0 aliphatic carbocycles. The molecular formula is C12H17F3N2O. The molecule has 1 heterocycles. The van der Waals surface area contributed by atoms with E-state index in [4.69, 9.17) is 5.11 Å². The molecule has 0 aliphatic rings. The zero-order valence-corrected chi connectivity index (χ0v) is 10.6. The Kier molecular flexibility index (Phi) is 4.56. The molecule has 0 aliphatic heterocycles. The molecule has 0 unspecified atom stereocenters. The lowest BCUT2D eigenvalue weighted by molar-refractivity contribution is -0.120. The van der Waals surface area contributed by atoms with Crippen LogP contribution in [0.5, 0.6) is 0 Å². The van der Waals surface area contributed by atoms with E-state index in [0.29, 0.717) is 16.9 Å². The number of halogens is 3. The van der Waals surface area contributed by atoms with E-state index < -0.39 is 12.7 Å². The van der Waals surface area contributed by atoms with Crippen LogP contribution in [0.15, 0.2) is 12.3 Å². The number of aliphatic hydroxyl groups is 1. The molecule has 0 bridgehead atoms. The van der Waals surface area contributed by atoms with Crippen LogP contribution in [0.1, 0.15) is 25.0 Å². The first kappa shape index (κ1) is 14.8. The van der Waals surface area contributed by atoms with Gasteiger partial charge in [0.15, 0.2) is 0 Å². The molecule has 0 amide bonds. The van der Waals surface area contributed by atoms with Crippen molar-refractivity contribution in [3.63, 3.8) is 0 Å². The molecule has 6 heteroatoms. The van der Waals surface area contributed by atoms with Gasteiger partial charge in [0.2, 0.25) is 0 Å². The second kappa shape index (κ2) is 5.56. The second-order valence-electron chi connectivity index (χ2n) is 4.48. The number of anilines is 1. The van der Waals surface area contributed by atoms with Crippen LogP contribution < -0.4 is 4.90 Å². The van der Waals surface area contributed by atoms with Crippen LogP contribution in [0, 0.1) is 6.92 Å². The van der Waals surface area contributed by atoms with E-state index in [9.17, 15) is 13.2 Å². The zero-order chi connectivity index (χ0) is 13.9. The van der Waals surface area contributed by atoms with E-state index in [0.717, 1.165) is 0 Å². The van der Waals surface area contributed by atoms with Crippen LogP contribution in [0.25, 0.3) is 0 Å². The van der Waals surface area contributed by atoms with Crippen molar-refractivity contribution < 1.29 is 18.3 Å². The van der Waals surface area contributed by atoms with Gasteiger partial charge in [-0.2, -0.15) is 13.2 Å². The van der Waals surface area contributed by atoms with E-state index >= 15 is 0 Å². The number of aliphatic hydroxyl groups excluding tert-OH is 1. The third kappa shape index (κ3) is 3.87. The van der Waals surface area contributed by atoms with Crippen molar-refractivity contribution in [1.29, 1.82) is 0 Å². The van der Waals surface area contributed by atoms with Crippen molar-refractivity contribution in [1.82, 2.24) is 4.98 Å². The van der Waals surface area contributed by atoms with Gasteiger partial charge in [0.1, 0.15) is 12.4 Å². The van der Waals surface area contributed by atoms with Crippen molar-refractivity contribution in [3.05, 3.63) is 23.4 Å². The molecule has 1 aromatic rings. The maximum Gasteiger partial charge on any atom is 0.405 e. The molecular weight excluding hydrogens is 245 g/mol. The Labute approximate surface area is 104 Å². The summed E-state index contributed by atoms with van der Waals surface area (Å²) in [5.41, 5.74) is 1.21. The summed E-state index contributed by atoms with van der Waals surface area (Å²) in [4.78, 5) is 5.23. The van der Waals surface area contributed by atoms with E-state index in [1.807, 2.05) is 0 Å². The summed E-state index contributed by atoms with van der Waals surface area (Å²) in [5.74, 6) is 0.305. The molecule has 0 saturated heterocycles. The minimum atomic E-state index is -4.27. The lowest BCUT2D eigenvalue weighted by Gasteiger charge is -2.30. The predicted molar refractivity (Wildman–Crippen MR) is 63.4 cm³/mol. The van der Waals surface area contributed by atoms with Gasteiger partial charge in [0.05, 0.1) is 6.61 Å². The summed E-state index contributed by atoms with van der Waals surface area (Å²) in [6.45, 7) is 3.86. The monoisotopic (exact) mass is 262 g/mol. The summed E-state index contributed by atoms with van der Waals surface area (Å²) in [6, 6.07) is 1.34. The van der Waals surface area contributed by atoms with Crippen LogP contribution in [0.3, 0.4) is 0 Å². The number of aryl methyl sites for hydroxylation is 1. The first-order valence-corrected chi connectivity index (χ1v) is 5.64. The van der Waals surface area contributed by atoms with E-state index in [2.05, 4.69) is 4.98 Å². The van der Waals surface area contributed by atoms with Gasteiger partial charge in [-0.3, -0.25) is 0 Å². The summed E-state index contributed by atoms with van der Waals surface area (Å²) in [6.07, 6.45) is -2.87. The molecule has 1 rings (SSSR count). The van der Waals surface area contributed by atoms with Gasteiger partial charge in [0.25, 0.3) is 0 Å². The number of nitrogens with zero attached hydrogens (tertiary/aromatic N) is 2. The Hall–Kier alpha value is -1.30. The highest BCUT2D eigenvalue weighted by molar-refractivity contribution is 5.48. The molecule has 102 valence electrons. The highest BCUT2D eigenvalue weighted by atomic mass is 19.4. The maximum atomic E-state index is 12.5. The molecule has 1 N–H and O–H groups in total. The number of pyridine rings is 1. The van der Waals surface area contributed by atoms with Crippen LogP contribution in [0.2, 0.25) is 0 Å². The fourth-order valence-corrected chi connectivity index (χ4v) is 1.71. The van der Waals surface area contributed by atoms with Crippen molar-refractivity contribution in [2.24, 2.45) is 0 Å². The predicted octanol–water partition coefficient (Wildman–Crippen LogP) is 2.66. The number of rotatable bonds is 4. The van der Waals surface area contributed by atoms with E-state index in [-0.39, 0.29) is 12.6 Å². The first-order chi connectivity index (χ1) is 8.24. The first-order valence-electron chi connectivity index (χ1n) is 5.64. The average Bonchev–Trinajstić information content (AvgIpc) is 2.24. The highest BCUT2D eigenvalue weighted by Gasteiger charge is 2.33. The van der Waals surface area contributed by atoms with Crippen LogP contribution in [0.4, 0.5) is 19.0 Å². The molecule has 0 spiro atoms. The highest BCUT2D eigenvalue weighted by Crippen LogP contribution is 2.25. The van der Waals surface area contributed by atoms with Crippen LogP contribution in [-0.4, -0.2) is 28.9 Å². The Bertz CT molecular complexity index is 405. The number of aromatic nitrogens is 1. The maximum absolute atomic E-state index is 12.5. The van der Waals surface area contributed by atoms with E-state index in [1.54, 1.807) is 26.8 Å². The van der Waals surface area contributed by atoms with Crippen molar-refractivity contribution in [3.8, 4) is 0 Å². The molecule has 1 aromatic heterocycles. The summed E-state index contributed by atoms with van der Waals surface area (Å²) < 4.78 is 37.6. The van der Waals surface area contributed by atoms with Crippen molar-refractivity contribution in [2.75, 3.05) is 11.4 Å². The van der Waals surface area contributed by atoms with Gasteiger partial charge in [-0.1, -0.05) is 0 Å². The van der Waals surface area contributed by atoms with Crippen molar-refractivity contribution >= 4 is 5.82 Å². The van der Waals surface area contributed by atoms with Crippen LogP contribution >= 0.6 is 0 Å². The number of hydrogen-bond donors (Lipinski definition) is 1. The molecule has 0 fully saturated rings. The average molecular weight is 262 g/mol. The normalized spacial score (nSPS) is 12.0. The molecule has 18 heavy (non-hydrogen) atoms. The Morgan fingerprint density at radius 1 is 1.39 bits per heavy atom. The Morgan fingerprint density at radius 2 is 2.00 bits per heavy atom. The lowest BCUT2D eigenvalue weighted by Crippen LogP contribution is -2.40. The minimum Gasteiger partial charge on any atom is -0.392 e. The topological polar surface area (TPSA) is 36.4 Å². The van der Waals surface area contributed by atoms with Crippen LogP contribution in [-0.2, 0) is 6.61 Å². The summed E-state index contributed by atoms with van der Waals surface area (Å²) >= 11 is 0. The third-order valence-corrected chi connectivity index (χ3v) is 2.53. The SMILES string of the molecule is Cc1cc(CO)cnc1N(CC(F)(F)F)C(C)C. The summed E-state index contributed by atoms with van der Waals surface area (Å²) in [5, 5.41) is 8.95. The molecule has 3 nitrogen and oxygen atoms in total. The van der Waals surface area contributed by atoms with E-state index in [1.165, 1.54) is 11.1 Å². The van der Waals surface area contributed by atoms with Gasteiger partial charge in [0, 0.05) is 12.2 Å². The van der Waals surface area contributed by atoms with Gasteiger partial charge in [-0.15, -0.1) is 0 Å². The largest absolute Gasteiger partial charge is 0.405 e. The smallest absolute Gasteiger partial charge is 0.392 e. The molecule has 0 radical (unpaired) electrons. The standard InChI is InChI=1S/C12H17F3N2O/c1-8(2)17(7-12(13,14)15)11-9(3)4-10(6-18)5-16-11/h4-5,8,18H,6-7H2,1-3H3. The Balaban J connectivity index is 3.06. The lowest BCUT2D eigenvalue weighted by atomic mass is 10.2. The quantitative estimate of drug-likeness (QED) is 0.906. The number of alkyl halides is 3. The third-order valence-electron chi connectivity index (χ3n) is 2.53. The van der Waals surface area contributed by atoms with Gasteiger partial charge < -0.3 is 10.0 Å². The van der Waals surface area contributed by atoms with Crippen molar-refractivity contribution in [2.45, 2.75) is 39.6 Å². The molecule has 0 atom stereocenters. The minimum absolute atomic E-state index is 0.172. The zero-order valence-electron chi connectivity index (χ0n) is 10.6. The molecule has 0 aromatic carbocycles.